The third-order valence-electron chi connectivity index (χ3n) is 5.84. The molecule has 2 fully saturated rings. The standard InChI is InChI=1S/C23H44O3S2/c1-19(2)13-10-8-6-5-7-9-11-14-23(27-15-12-16-28-23)17-20(24)21-18-25-22(3,4)26-21/h19-21,24H,5-18H2,1-4H3/t20?,21-/m0/s1. The molecule has 0 bridgehead atoms. The fourth-order valence-electron chi connectivity index (χ4n) is 4.17. The monoisotopic (exact) mass is 432 g/mol. The molecule has 0 aromatic rings. The van der Waals surface area contributed by atoms with Crippen molar-refractivity contribution in [1.82, 2.24) is 0 Å². The Morgan fingerprint density at radius 2 is 1.57 bits per heavy atom. The molecule has 2 heterocycles. The minimum atomic E-state index is -0.555. The highest BCUT2D eigenvalue weighted by atomic mass is 32.2. The highest BCUT2D eigenvalue weighted by Gasteiger charge is 2.42. The summed E-state index contributed by atoms with van der Waals surface area (Å²) in [6, 6.07) is 0. The van der Waals surface area contributed by atoms with Crippen LogP contribution in [0.15, 0.2) is 0 Å². The number of aliphatic hydroxyl groups is 1. The molecule has 0 aromatic carbocycles. The first-order valence-electron chi connectivity index (χ1n) is 11.6. The number of unbranched alkanes of at least 4 members (excludes halogenated alkanes) is 6. The number of hydrogen-bond donors (Lipinski definition) is 1. The van der Waals surface area contributed by atoms with E-state index in [0.717, 1.165) is 12.3 Å². The third kappa shape index (κ3) is 9.16. The van der Waals surface area contributed by atoms with Gasteiger partial charge in [-0.25, -0.2) is 0 Å². The van der Waals surface area contributed by atoms with E-state index in [0.29, 0.717) is 6.61 Å². The normalized spacial score (nSPS) is 25.3. The van der Waals surface area contributed by atoms with Gasteiger partial charge in [-0.1, -0.05) is 65.2 Å². The molecule has 0 saturated carbocycles. The van der Waals surface area contributed by atoms with Crippen LogP contribution in [0.25, 0.3) is 0 Å². The van der Waals surface area contributed by atoms with E-state index in [1.54, 1.807) is 0 Å². The predicted molar refractivity (Wildman–Crippen MR) is 124 cm³/mol. The van der Waals surface area contributed by atoms with Gasteiger partial charge < -0.3 is 14.6 Å². The fraction of sp³-hybridized carbons (Fsp3) is 1.00. The summed E-state index contributed by atoms with van der Waals surface area (Å²) < 4.78 is 11.7. The Morgan fingerprint density at radius 1 is 0.964 bits per heavy atom. The zero-order valence-corrected chi connectivity index (χ0v) is 20.3. The van der Waals surface area contributed by atoms with Crippen molar-refractivity contribution < 1.29 is 14.6 Å². The van der Waals surface area contributed by atoms with Crippen molar-refractivity contribution in [3.05, 3.63) is 0 Å². The molecule has 0 spiro atoms. The molecule has 2 rings (SSSR count). The van der Waals surface area contributed by atoms with Gasteiger partial charge in [-0.05, 0) is 50.5 Å². The second-order valence-corrected chi connectivity index (χ2v) is 12.7. The van der Waals surface area contributed by atoms with Crippen molar-refractivity contribution >= 4 is 23.5 Å². The summed E-state index contributed by atoms with van der Waals surface area (Å²) in [5.41, 5.74) is 0. The first kappa shape index (κ1) is 24.8. The minimum absolute atomic E-state index is 0.172. The first-order valence-corrected chi connectivity index (χ1v) is 13.6. The van der Waals surface area contributed by atoms with E-state index < -0.39 is 11.9 Å². The number of ether oxygens (including phenoxy) is 2. The number of thioether (sulfide) groups is 2. The molecule has 2 atom stereocenters. The maximum atomic E-state index is 10.8. The van der Waals surface area contributed by atoms with E-state index in [1.807, 2.05) is 13.8 Å². The summed E-state index contributed by atoms with van der Waals surface area (Å²) >= 11 is 4.16. The Morgan fingerprint density at radius 3 is 2.14 bits per heavy atom. The zero-order valence-electron chi connectivity index (χ0n) is 18.7. The first-order chi connectivity index (χ1) is 13.3. The Labute approximate surface area is 182 Å². The Kier molecular flexibility index (Phi) is 11.0. The van der Waals surface area contributed by atoms with Gasteiger partial charge in [0.2, 0.25) is 0 Å². The lowest BCUT2D eigenvalue weighted by atomic mass is 10.0. The van der Waals surface area contributed by atoms with Crippen LogP contribution in [-0.4, -0.2) is 45.3 Å². The largest absolute Gasteiger partial charge is 0.390 e. The van der Waals surface area contributed by atoms with Gasteiger partial charge in [-0.15, -0.1) is 23.5 Å². The van der Waals surface area contributed by atoms with Crippen molar-refractivity contribution in [2.24, 2.45) is 5.92 Å². The van der Waals surface area contributed by atoms with Gasteiger partial charge in [-0.3, -0.25) is 0 Å². The van der Waals surface area contributed by atoms with Gasteiger partial charge in [0, 0.05) is 0 Å². The molecule has 3 nitrogen and oxygen atoms in total. The topological polar surface area (TPSA) is 38.7 Å². The van der Waals surface area contributed by atoms with Crippen molar-refractivity contribution in [3.63, 3.8) is 0 Å². The van der Waals surface area contributed by atoms with Crippen LogP contribution in [0.4, 0.5) is 0 Å². The average molecular weight is 433 g/mol. The minimum Gasteiger partial charge on any atom is -0.390 e. The number of rotatable bonds is 13. The lowest BCUT2D eigenvalue weighted by molar-refractivity contribution is -0.151. The van der Waals surface area contributed by atoms with Gasteiger partial charge in [-0.2, -0.15) is 0 Å². The van der Waals surface area contributed by atoms with Crippen molar-refractivity contribution in [1.29, 1.82) is 0 Å². The fourth-order valence-corrected chi connectivity index (χ4v) is 7.66. The molecule has 5 heteroatoms. The molecule has 1 N–H and O–H groups in total. The number of hydrogen-bond acceptors (Lipinski definition) is 5. The SMILES string of the molecule is CC(C)CCCCCCCCCC1(CC(O)[C@@H]2COC(C)(C)O2)SCCCS1. The Balaban J connectivity index is 1.66. The van der Waals surface area contributed by atoms with Gasteiger partial charge in [0.25, 0.3) is 0 Å². The van der Waals surface area contributed by atoms with E-state index in [-0.39, 0.29) is 10.2 Å². The zero-order chi connectivity index (χ0) is 20.5. The van der Waals surface area contributed by atoms with E-state index in [9.17, 15) is 5.11 Å². The molecule has 2 aliphatic rings. The molecule has 0 aliphatic carbocycles. The average Bonchev–Trinajstić information content (AvgIpc) is 3.01. The van der Waals surface area contributed by atoms with Crippen LogP contribution in [0.5, 0.6) is 0 Å². The van der Waals surface area contributed by atoms with E-state index in [4.69, 9.17) is 9.47 Å². The molecule has 2 aliphatic heterocycles. The van der Waals surface area contributed by atoms with E-state index in [1.165, 1.54) is 75.7 Å². The highest BCUT2D eigenvalue weighted by molar-refractivity contribution is 8.18. The van der Waals surface area contributed by atoms with Gasteiger partial charge >= 0.3 is 0 Å². The lowest BCUT2D eigenvalue weighted by Crippen LogP contribution is -2.38. The summed E-state index contributed by atoms with van der Waals surface area (Å²) in [6.07, 6.45) is 13.7. The Hall–Kier alpha value is 0.580. The maximum Gasteiger partial charge on any atom is 0.163 e. The maximum absolute atomic E-state index is 10.8. The predicted octanol–water partition coefficient (Wildman–Crippen LogP) is 6.62. The smallest absolute Gasteiger partial charge is 0.163 e. The molecule has 0 radical (unpaired) electrons. The van der Waals surface area contributed by atoms with E-state index in [2.05, 4.69) is 37.4 Å². The van der Waals surface area contributed by atoms with Crippen LogP contribution in [-0.2, 0) is 9.47 Å². The third-order valence-corrected chi connectivity index (χ3v) is 9.32. The van der Waals surface area contributed by atoms with E-state index >= 15 is 0 Å². The molecular weight excluding hydrogens is 388 g/mol. The second kappa shape index (κ2) is 12.4. The molecule has 2 saturated heterocycles. The highest BCUT2D eigenvalue weighted by Crippen LogP contribution is 2.49. The molecule has 166 valence electrons. The van der Waals surface area contributed by atoms with Crippen LogP contribution < -0.4 is 0 Å². The molecular formula is C23H44O3S2. The molecule has 0 aromatic heterocycles. The second-order valence-electron chi connectivity index (χ2n) is 9.51. The van der Waals surface area contributed by atoms with Gasteiger partial charge in [0.05, 0.1) is 16.8 Å². The van der Waals surface area contributed by atoms with Gasteiger partial charge in [0.15, 0.2) is 5.79 Å². The molecule has 28 heavy (non-hydrogen) atoms. The Bertz CT molecular complexity index is 422. The molecule has 0 amide bonds. The summed E-state index contributed by atoms with van der Waals surface area (Å²) in [4.78, 5) is 0. The summed E-state index contributed by atoms with van der Waals surface area (Å²) in [6.45, 7) is 9.02. The number of aliphatic hydroxyl groups excluding tert-OH is 1. The van der Waals surface area contributed by atoms with Crippen molar-refractivity contribution in [2.75, 3.05) is 18.1 Å². The van der Waals surface area contributed by atoms with Crippen LogP contribution in [0.1, 0.15) is 98.3 Å². The summed E-state index contributed by atoms with van der Waals surface area (Å²) in [5, 5.41) is 10.8. The van der Waals surface area contributed by atoms with Crippen LogP contribution in [0, 0.1) is 5.92 Å². The van der Waals surface area contributed by atoms with Crippen molar-refractivity contribution in [3.8, 4) is 0 Å². The summed E-state index contributed by atoms with van der Waals surface area (Å²) in [5.74, 6) is 2.75. The van der Waals surface area contributed by atoms with Crippen molar-refractivity contribution in [2.45, 2.75) is 120 Å². The lowest BCUT2D eigenvalue weighted by Gasteiger charge is -2.38. The van der Waals surface area contributed by atoms with Crippen LogP contribution in [0.2, 0.25) is 0 Å². The quantitative estimate of drug-likeness (QED) is 0.331. The van der Waals surface area contributed by atoms with Crippen LogP contribution in [0.3, 0.4) is 0 Å². The summed E-state index contributed by atoms with van der Waals surface area (Å²) in [7, 11) is 0. The van der Waals surface area contributed by atoms with Crippen LogP contribution >= 0.6 is 23.5 Å². The molecule has 1 unspecified atom stereocenters. The van der Waals surface area contributed by atoms with Gasteiger partial charge in [0.1, 0.15) is 6.10 Å².